The van der Waals surface area contributed by atoms with Gasteiger partial charge in [0.25, 0.3) is 0 Å². The highest BCUT2D eigenvalue weighted by molar-refractivity contribution is 5.23. The average molecular weight is 1250 g/mol. The highest BCUT2D eigenvalue weighted by Crippen LogP contribution is 2.17. The first-order valence-electron chi connectivity index (χ1n) is 32.7. The van der Waals surface area contributed by atoms with Gasteiger partial charge in [0.2, 0.25) is 0 Å². The van der Waals surface area contributed by atoms with Crippen molar-refractivity contribution in [3.8, 4) is 0 Å². The first-order chi connectivity index (χ1) is 43.2. The summed E-state index contributed by atoms with van der Waals surface area (Å²) in [4.78, 5) is 0. The van der Waals surface area contributed by atoms with Gasteiger partial charge < -0.3 is 48.6 Å². The largest absolute Gasteiger partial charge is 0.469 e. The van der Waals surface area contributed by atoms with Crippen LogP contribution in [0.5, 0.6) is 0 Å². The molecule has 11 nitrogen and oxygen atoms in total. The Morgan fingerprint density at radius 2 is 0.714 bits per heavy atom. The lowest BCUT2D eigenvalue weighted by Crippen LogP contribution is -1.79. The summed E-state index contributed by atoms with van der Waals surface area (Å²) in [7, 11) is 0. The van der Waals surface area contributed by atoms with E-state index in [9.17, 15) is 0 Å². The Labute approximate surface area is 548 Å². The van der Waals surface area contributed by atoms with Gasteiger partial charge in [0.1, 0.15) is 80.6 Å². The number of furan rings is 11. The number of aryl methyl sites for hydroxylation is 22. The van der Waals surface area contributed by atoms with Gasteiger partial charge in [0.05, 0.1) is 50.1 Å². The molecule has 0 aromatic carbocycles. The van der Waals surface area contributed by atoms with Crippen molar-refractivity contribution in [2.45, 2.75) is 243 Å². The summed E-state index contributed by atoms with van der Waals surface area (Å²) in [6, 6.07) is 24.5. The molecule has 0 N–H and O–H groups in total. The van der Waals surface area contributed by atoms with Gasteiger partial charge in [-0.2, -0.15) is 0 Å². The first kappa shape index (κ1) is 81.1. The fraction of sp³-hybridized carbons (Fsp3) is 0.450. The Morgan fingerprint density at radius 1 is 0.286 bits per heavy atom. The van der Waals surface area contributed by atoms with E-state index in [0.29, 0.717) is 5.92 Å². The minimum atomic E-state index is 0.513. The molecule has 91 heavy (non-hydrogen) atoms. The zero-order valence-corrected chi connectivity index (χ0v) is 60.7. The fourth-order valence-electron chi connectivity index (χ4n) is 8.02. The van der Waals surface area contributed by atoms with Crippen LogP contribution >= 0.6 is 0 Å². The Bertz CT molecular complexity index is 3210. The Morgan fingerprint density at radius 3 is 0.945 bits per heavy atom. The Balaban J connectivity index is 0.000000501. The maximum Gasteiger partial charge on any atom is 0.106 e. The van der Waals surface area contributed by atoms with Crippen LogP contribution in [0.2, 0.25) is 0 Å². The molecule has 0 radical (unpaired) electrons. The van der Waals surface area contributed by atoms with Crippen LogP contribution in [0.3, 0.4) is 0 Å². The predicted molar refractivity (Wildman–Crippen MR) is 375 cm³/mol. The van der Waals surface area contributed by atoms with Crippen molar-refractivity contribution >= 4 is 0 Å². The molecule has 0 atom stereocenters. The molecule has 11 heterocycles. The summed E-state index contributed by atoms with van der Waals surface area (Å²) in [5.74, 6) is 15.1. The SMILES string of the molecule is CCCc1cc(C)co1.CCCc1coc(C)c1.CCc1cc(C)co1.CCc1ccc(CC)o1.CCc1coc(C)c1.CCc1coc(CC)c1.Cc1cc(C)c(C)o1.Cc1ccc(C)o1.Cc1coc(C(C)C)c1.Cc1coc(C)c1.Cc1coc(C)c1C. The van der Waals surface area contributed by atoms with Crippen LogP contribution in [-0.4, -0.2) is 0 Å². The number of hydrogen-bond donors (Lipinski definition) is 0. The molecular formula is C80H116O11. The van der Waals surface area contributed by atoms with Crippen LogP contribution in [0.25, 0.3) is 0 Å². The molecule has 0 saturated carbocycles. The summed E-state index contributed by atoms with van der Waals surface area (Å²) in [5, 5.41) is 0. The zero-order chi connectivity index (χ0) is 68.4. The summed E-state index contributed by atoms with van der Waals surface area (Å²) in [5.41, 5.74) is 12.5. The molecule has 0 fully saturated rings. The molecule has 0 spiro atoms. The molecule has 502 valence electrons. The monoisotopic (exact) mass is 1250 g/mol. The van der Waals surface area contributed by atoms with Crippen molar-refractivity contribution in [2.75, 3.05) is 0 Å². The summed E-state index contributed by atoms with van der Waals surface area (Å²) in [6.45, 7) is 51.1. The van der Waals surface area contributed by atoms with E-state index in [4.69, 9.17) is 48.6 Å². The van der Waals surface area contributed by atoms with E-state index >= 15 is 0 Å². The minimum absolute atomic E-state index is 0.513. The molecule has 0 unspecified atom stereocenters. The standard InChI is InChI=1S/5C8H12O.4C7H10O.2C6H8O/c1-6(2)8-4-7(3)5-9-8;1-3-4-8-5-7(2)9-6-8;1-3-4-8-5-7(2)6-9-8;1-3-7-5-8(4-2)9-6-7;1-3-7-5-6-8(4-2)9-7;1-5-4-8-7(3)6(5)2;1-5-4-6(2)8-7(5)3;1-3-7-4-6(2)8-5-7;1-3-7-4-6(2)5-8-7;1-5-3-6(2)7-4-5;1-5-3-4-6(2)7-5/h4-6H,1-3H3;4*5-6H,3-4H2,1-2H3;2*4H,1-3H3;2*4-5H,3H2,1-2H3;2*3-4H,1-2H3. The second-order valence-electron chi connectivity index (χ2n) is 23.0. The zero-order valence-electron chi connectivity index (χ0n) is 60.7. The predicted octanol–water partition coefficient (Wildman–Crippen LogP) is 25.1. The first-order valence-corrected chi connectivity index (χ1v) is 32.7. The van der Waals surface area contributed by atoms with E-state index in [2.05, 4.69) is 113 Å². The smallest absolute Gasteiger partial charge is 0.106 e. The molecule has 0 saturated heterocycles. The van der Waals surface area contributed by atoms with Gasteiger partial charge in [0, 0.05) is 38.0 Å². The van der Waals surface area contributed by atoms with Crippen LogP contribution in [0.4, 0.5) is 0 Å². The van der Waals surface area contributed by atoms with Crippen LogP contribution in [0, 0.1) is 104 Å². The van der Waals surface area contributed by atoms with Gasteiger partial charge in [-0.3, -0.25) is 0 Å². The molecule has 11 aromatic rings. The highest BCUT2D eigenvalue weighted by atomic mass is 16.4. The van der Waals surface area contributed by atoms with Gasteiger partial charge >= 0.3 is 0 Å². The second kappa shape index (κ2) is 46.2. The van der Waals surface area contributed by atoms with Crippen molar-refractivity contribution in [2.24, 2.45) is 0 Å². The van der Waals surface area contributed by atoms with E-state index < -0.39 is 0 Å². The van der Waals surface area contributed by atoms with Crippen molar-refractivity contribution < 1.29 is 48.6 Å². The topological polar surface area (TPSA) is 145 Å². The maximum atomic E-state index is 5.38. The van der Waals surface area contributed by atoms with Gasteiger partial charge in [0.15, 0.2) is 0 Å². The lowest BCUT2D eigenvalue weighted by Gasteiger charge is -1.95. The van der Waals surface area contributed by atoms with E-state index in [1.54, 1.807) is 37.6 Å². The van der Waals surface area contributed by atoms with Gasteiger partial charge in [-0.15, -0.1) is 0 Å². The molecule has 11 rings (SSSR count). The molecule has 0 amide bonds. The quantitative estimate of drug-likeness (QED) is 0.122. The summed E-state index contributed by atoms with van der Waals surface area (Å²) in [6.07, 6.45) is 25.0. The van der Waals surface area contributed by atoms with Crippen molar-refractivity contribution in [1.29, 1.82) is 0 Å². The molecular weight excluding hydrogens is 1140 g/mol. The normalized spacial score (nSPS) is 9.91. The van der Waals surface area contributed by atoms with E-state index in [0.717, 1.165) is 138 Å². The lowest BCUT2D eigenvalue weighted by molar-refractivity contribution is 0.474. The third-order valence-corrected chi connectivity index (χ3v) is 13.7. The summed E-state index contributed by atoms with van der Waals surface area (Å²) < 4.78 is 56.7. The highest BCUT2D eigenvalue weighted by Gasteiger charge is 2.03. The van der Waals surface area contributed by atoms with Gasteiger partial charge in [-0.05, 0) is 258 Å². The molecule has 0 aliphatic rings. The van der Waals surface area contributed by atoms with Crippen molar-refractivity contribution in [1.82, 2.24) is 0 Å². The summed E-state index contributed by atoms with van der Waals surface area (Å²) >= 11 is 0. The molecule has 0 bridgehead atoms. The maximum absolute atomic E-state index is 5.38. The van der Waals surface area contributed by atoms with Crippen molar-refractivity contribution in [3.05, 3.63) is 259 Å². The average Bonchev–Trinajstić information content (AvgIpc) is 4.41. The number of rotatable bonds is 11. The van der Waals surface area contributed by atoms with E-state index in [1.807, 2.05) is 146 Å². The fourth-order valence-corrected chi connectivity index (χ4v) is 8.02. The lowest BCUT2D eigenvalue weighted by atomic mass is 10.1. The second-order valence-corrected chi connectivity index (χ2v) is 23.0. The van der Waals surface area contributed by atoms with E-state index in [1.165, 1.54) is 62.1 Å². The third kappa shape index (κ3) is 36.5. The van der Waals surface area contributed by atoms with Crippen LogP contribution in [-0.2, 0) is 51.4 Å². The molecule has 0 aliphatic carbocycles. The minimum Gasteiger partial charge on any atom is -0.469 e. The molecule has 11 aromatic heterocycles. The van der Waals surface area contributed by atoms with Crippen molar-refractivity contribution in [3.63, 3.8) is 0 Å². The third-order valence-electron chi connectivity index (χ3n) is 13.7. The van der Waals surface area contributed by atoms with Gasteiger partial charge in [-0.1, -0.05) is 75.7 Å². The molecule has 0 aliphatic heterocycles. The Hall–Kier alpha value is -7.92. The van der Waals surface area contributed by atoms with Crippen LogP contribution in [0.1, 0.15) is 224 Å². The van der Waals surface area contributed by atoms with Crippen LogP contribution in [0.15, 0.2) is 171 Å². The Kier molecular flexibility index (Phi) is 41.2. The number of hydrogen-bond acceptors (Lipinski definition) is 11. The van der Waals surface area contributed by atoms with E-state index in [-0.39, 0.29) is 0 Å². The van der Waals surface area contributed by atoms with Gasteiger partial charge in [-0.25, -0.2) is 0 Å². The molecule has 11 heteroatoms. The van der Waals surface area contributed by atoms with Crippen LogP contribution < -0.4 is 0 Å².